The third-order valence-electron chi connectivity index (χ3n) is 5.51. The Morgan fingerprint density at radius 1 is 1.20 bits per heavy atom. The van der Waals surface area contributed by atoms with Crippen LogP contribution in [0, 0.1) is 0 Å². The zero-order valence-corrected chi connectivity index (χ0v) is 16.9. The number of hydrazine groups is 1. The van der Waals surface area contributed by atoms with E-state index >= 15 is 0 Å². The fraction of sp³-hybridized carbons (Fsp3) is 0.261. The van der Waals surface area contributed by atoms with Gasteiger partial charge in [-0.1, -0.05) is 24.3 Å². The maximum absolute atomic E-state index is 11.9. The molecule has 7 heteroatoms. The van der Waals surface area contributed by atoms with Crippen LogP contribution in [0.25, 0.3) is 5.70 Å². The van der Waals surface area contributed by atoms with Gasteiger partial charge in [0.25, 0.3) is 0 Å². The lowest BCUT2D eigenvalue weighted by atomic mass is 9.97. The summed E-state index contributed by atoms with van der Waals surface area (Å²) >= 11 is 0. The van der Waals surface area contributed by atoms with Gasteiger partial charge in [-0.25, -0.2) is 4.79 Å². The Morgan fingerprint density at radius 3 is 2.70 bits per heavy atom. The second-order valence-corrected chi connectivity index (χ2v) is 7.40. The molecule has 30 heavy (non-hydrogen) atoms. The Balaban J connectivity index is 1.50. The highest BCUT2D eigenvalue weighted by molar-refractivity contribution is 5.89. The number of phenolic OH excluding ortho intramolecular Hbond substituents is 1. The number of benzene rings is 2. The number of para-hydroxylation sites is 1. The molecule has 0 spiro atoms. The van der Waals surface area contributed by atoms with Gasteiger partial charge in [-0.2, -0.15) is 0 Å². The van der Waals surface area contributed by atoms with Crippen LogP contribution < -0.4 is 16.6 Å². The number of carbonyl (C=O) groups is 1. The van der Waals surface area contributed by atoms with Crippen LogP contribution >= 0.6 is 0 Å². The number of ether oxygens (including phenoxy) is 1. The molecule has 2 aliphatic heterocycles. The fourth-order valence-electron chi connectivity index (χ4n) is 3.91. The van der Waals surface area contributed by atoms with Crippen LogP contribution in [0.15, 0.2) is 66.1 Å². The Labute approximate surface area is 175 Å². The minimum absolute atomic E-state index is 0.207. The van der Waals surface area contributed by atoms with Gasteiger partial charge in [0.05, 0.1) is 23.6 Å². The van der Waals surface area contributed by atoms with Crippen molar-refractivity contribution in [2.24, 2.45) is 5.73 Å². The van der Waals surface area contributed by atoms with Crippen molar-refractivity contribution in [2.45, 2.75) is 19.3 Å². The Hall–Kier alpha value is -3.61. The van der Waals surface area contributed by atoms with Gasteiger partial charge < -0.3 is 20.5 Å². The number of nitrogens with zero attached hydrogens (tertiary/aromatic N) is 1. The molecular weight excluding hydrogens is 380 g/mol. The van der Waals surface area contributed by atoms with Crippen molar-refractivity contribution < 1.29 is 14.6 Å². The van der Waals surface area contributed by atoms with E-state index in [0.29, 0.717) is 29.5 Å². The normalized spacial score (nSPS) is 18.5. The van der Waals surface area contributed by atoms with Crippen LogP contribution in [-0.2, 0) is 4.74 Å². The molecular formula is C23H26N4O3. The molecule has 0 aliphatic carbocycles. The summed E-state index contributed by atoms with van der Waals surface area (Å²) in [6.07, 6.45) is 2.95. The summed E-state index contributed by atoms with van der Waals surface area (Å²) in [5, 5.41) is 10.2. The van der Waals surface area contributed by atoms with E-state index in [1.807, 2.05) is 42.5 Å². The number of carbonyl (C=O) groups excluding carboxylic acids is 1. The Morgan fingerprint density at radius 2 is 1.97 bits per heavy atom. The lowest BCUT2D eigenvalue weighted by Gasteiger charge is -2.28. The number of rotatable bonds is 5. The number of phenols is 1. The minimum Gasteiger partial charge on any atom is -0.507 e. The highest BCUT2D eigenvalue weighted by atomic mass is 16.5. The Kier molecular flexibility index (Phi) is 5.52. The summed E-state index contributed by atoms with van der Waals surface area (Å²) in [5.74, 6) is 0.808. The Bertz CT molecular complexity index is 998. The molecule has 1 atom stereocenters. The lowest BCUT2D eigenvalue weighted by molar-refractivity contribution is 0.0526. The van der Waals surface area contributed by atoms with Crippen molar-refractivity contribution in [3.05, 3.63) is 82.8 Å². The van der Waals surface area contributed by atoms with E-state index in [9.17, 15) is 9.90 Å². The van der Waals surface area contributed by atoms with Gasteiger partial charge in [0.1, 0.15) is 11.6 Å². The zero-order chi connectivity index (χ0) is 21.1. The van der Waals surface area contributed by atoms with E-state index in [1.165, 1.54) is 5.56 Å². The van der Waals surface area contributed by atoms with Gasteiger partial charge in [-0.05, 0) is 49.2 Å². The van der Waals surface area contributed by atoms with Crippen molar-refractivity contribution in [2.75, 3.05) is 19.7 Å². The molecule has 1 fully saturated rings. The third kappa shape index (κ3) is 3.91. The molecule has 2 heterocycles. The average molecular weight is 406 g/mol. The molecule has 1 saturated heterocycles. The second-order valence-electron chi connectivity index (χ2n) is 7.40. The summed E-state index contributed by atoms with van der Waals surface area (Å²) in [7, 11) is 0. The molecule has 2 aromatic carbocycles. The van der Waals surface area contributed by atoms with Crippen LogP contribution in [0.4, 0.5) is 0 Å². The zero-order valence-electron chi connectivity index (χ0n) is 16.9. The molecule has 5 N–H and O–H groups in total. The van der Waals surface area contributed by atoms with Crippen molar-refractivity contribution in [3.63, 3.8) is 0 Å². The molecule has 0 aromatic heterocycles. The van der Waals surface area contributed by atoms with Gasteiger partial charge in [0.2, 0.25) is 0 Å². The second kappa shape index (κ2) is 8.41. The highest BCUT2D eigenvalue weighted by Gasteiger charge is 2.28. The van der Waals surface area contributed by atoms with Crippen LogP contribution in [0.3, 0.4) is 0 Å². The molecule has 0 saturated carbocycles. The molecule has 0 bridgehead atoms. The van der Waals surface area contributed by atoms with E-state index < -0.39 is 0 Å². The topological polar surface area (TPSA) is 99.9 Å². The first-order valence-corrected chi connectivity index (χ1v) is 10.1. The smallest absolute Gasteiger partial charge is 0.338 e. The molecule has 1 unspecified atom stereocenters. The van der Waals surface area contributed by atoms with Crippen LogP contribution in [0.5, 0.6) is 5.75 Å². The van der Waals surface area contributed by atoms with E-state index in [0.717, 1.165) is 30.9 Å². The lowest BCUT2D eigenvalue weighted by Crippen LogP contribution is -2.40. The summed E-state index contributed by atoms with van der Waals surface area (Å²) in [6.45, 7) is 3.86. The number of esters is 1. The van der Waals surface area contributed by atoms with Gasteiger partial charge in [-0.15, -0.1) is 0 Å². The molecule has 0 amide bonds. The summed E-state index contributed by atoms with van der Waals surface area (Å²) < 4.78 is 5.05. The predicted molar refractivity (Wildman–Crippen MR) is 115 cm³/mol. The van der Waals surface area contributed by atoms with Crippen LogP contribution in [-0.4, -0.2) is 35.7 Å². The maximum atomic E-state index is 11.9. The van der Waals surface area contributed by atoms with Crippen LogP contribution in [0.2, 0.25) is 0 Å². The number of likely N-dealkylation sites (tertiary alicyclic amines) is 1. The maximum Gasteiger partial charge on any atom is 0.338 e. The quantitative estimate of drug-likeness (QED) is 0.567. The predicted octanol–water partition coefficient (Wildman–Crippen LogP) is 2.63. The molecule has 2 aromatic rings. The summed E-state index contributed by atoms with van der Waals surface area (Å²) in [5.41, 5.74) is 16.4. The summed E-state index contributed by atoms with van der Waals surface area (Å²) in [4.78, 5) is 14.1. The van der Waals surface area contributed by atoms with E-state index in [2.05, 4.69) is 15.8 Å². The molecule has 7 nitrogen and oxygen atoms in total. The largest absolute Gasteiger partial charge is 0.507 e. The molecule has 156 valence electrons. The van der Waals surface area contributed by atoms with Gasteiger partial charge in [0.15, 0.2) is 0 Å². The first-order chi connectivity index (χ1) is 14.6. The first kappa shape index (κ1) is 19.7. The third-order valence-corrected chi connectivity index (χ3v) is 5.51. The van der Waals surface area contributed by atoms with Crippen molar-refractivity contribution >= 4 is 11.7 Å². The molecule has 4 rings (SSSR count). The molecule has 0 radical (unpaired) electrons. The molecule has 2 aliphatic rings. The average Bonchev–Trinajstić information content (AvgIpc) is 3.25. The van der Waals surface area contributed by atoms with Crippen molar-refractivity contribution in [1.29, 1.82) is 0 Å². The number of nitrogens with two attached hydrogens (primary N) is 1. The van der Waals surface area contributed by atoms with E-state index in [4.69, 9.17) is 10.5 Å². The SMILES string of the molecule is CCOC(=O)c1ccc(C2CCN(C3=C(N)NNC(c4ccccc4O)=C3)C2)cc1. The standard InChI is InChI=1S/C23H26N4O3/c1-2-30-23(29)16-9-7-15(8-10-16)17-11-12-27(14-17)20-13-19(25-26-22(20)24)18-5-3-4-6-21(18)28/h3-10,13,17,25-26,28H,2,11-12,14,24H2,1H3. The van der Waals surface area contributed by atoms with Crippen LogP contribution in [0.1, 0.15) is 40.7 Å². The number of nitrogens with one attached hydrogen (secondary N) is 2. The van der Waals surface area contributed by atoms with E-state index in [-0.39, 0.29) is 11.7 Å². The number of hydrogen-bond donors (Lipinski definition) is 4. The highest BCUT2D eigenvalue weighted by Crippen LogP contribution is 2.32. The summed E-state index contributed by atoms with van der Waals surface area (Å²) in [6, 6.07) is 14.8. The minimum atomic E-state index is -0.294. The van der Waals surface area contributed by atoms with Crippen molar-refractivity contribution in [3.8, 4) is 5.75 Å². The van der Waals surface area contributed by atoms with Gasteiger partial charge in [0, 0.05) is 24.6 Å². The number of aromatic hydroxyl groups is 1. The van der Waals surface area contributed by atoms with Gasteiger partial charge in [-0.3, -0.25) is 10.9 Å². The van der Waals surface area contributed by atoms with Gasteiger partial charge >= 0.3 is 5.97 Å². The number of hydrogen-bond acceptors (Lipinski definition) is 7. The van der Waals surface area contributed by atoms with Crippen molar-refractivity contribution in [1.82, 2.24) is 15.8 Å². The number of allylic oxidation sites excluding steroid dienone is 1. The first-order valence-electron chi connectivity index (χ1n) is 10.1. The van der Waals surface area contributed by atoms with E-state index in [1.54, 1.807) is 19.1 Å². The monoisotopic (exact) mass is 406 g/mol. The fourth-order valence-corrected chi connectivity index (χ4v) is 3.91.